The number of amides is 1. The molecule has 4 rings (SSSR count). The molecule has 8 heteroatoms. The van der Waals surface area contributed by atoms with E-state index in [0.717, 1.165) is 61.1 Å². The maximum absolute atomic E-state index is 13.8. The molecular formula is C28H33ClFN3O3. The van der Waals surface area contributed by atoms with Crippen LogP contribution in [0.5, 0.6) is 5.75 Å². The van der Waals surface area contributed by atoms with Gasteiger partial charge in [0.1, 0.15) is 11.6 Å². The summed E-state index contributed by atoms with van der Waals surface area (Å²) in [6, 6.07) is 12.1. The first-order valence-corrected chi connectivity index (χ1v) is 12.9. The van der Waals surface area contributed by atoms with Crippen LogP contribution in [0.2, 0.25) is 5.02 Å². The van der Waals surface area contributed by atoms with Crippen LogP contribution in [0, 0.1) is 5.82 Å². The Morgan fingerprint density at radius 2 is 2.11 bits per heavy atom. The second-order valence-corrected chi connectivity index (χ2v) is 10.1. The summed E-state index contributed by atoms with van der Waals surface area (Å²) >= 11 is 6.03. The second-order valence-electron chi connectivity index (χ2n) is 9.68. The van der Waals surface area contributed by atoms with Crippen molar-refractivity contribution in [1.82, 2.24) is 15.2 Å². The van der Waals surface area contributed by atoms with Gasteiger partial charge in [-0.25, -0.2) is 9.37 Å². The number of aliphatic hydroxyl groups excluding tert-OH is 1. The number of benzene rings is 2. The summed E-state index contributed by atoms with van der Waals surface area (Å²) in [6.07, 6.45) is 2.70. The normalized spacial score (nSPS) is 16.4. The number of nitrogens with zero attached hydrogens (tertiary/aromatic N) is 2. The molecular weight excluding hydrogens is 481 g/mol. The molecule has 2 aromatic carbocycles. The Labute approximate surface area is 216 Å². The van der Waals surface area contributed by atoms with Gasteiger partial charge in [0.05, 0.1) is 35.4 Å². The van der Waals surface area contributed by atoms with Crippen LogP contribution in [-0.4, -0.2) is 59.3 Å². The zero-order valence-electron chi connectivity index (χ0n) is 20.8. The molecule has 1 aliphatic rings. The van der Waals surface area contributed by atoms with Crippen molar-refractivity contribution in [3.8, 4) is 17.0 Å². The van der Waals surface area contributed by atoms with Crippen LogP contribution in [0.3, 0.4) is 0 Å². The molecule has 0 aliphatic carbocycles. The number of hydrogen-bond acceptors (Lipinski definition) is 5. The number of aliphatic hydroxyl groups is 1. The van der Waals surface area contributed by atoms with E-state index >= 15 is 0 Å². The highest BCUT2D eigenvalue weighted by Gasteiger charge is 2.17. The van der Waals surface area contributed by atoms with E-state index in [-0.39, 0.29) is 29.5 Å². The van der Waals surface area contributed by atoms with Crippen LogP contribution < -0.4 is 10.1 Å². The fourth-order valence-electron chi connectivity index (χ4n) is 4.57. The Hall–Kier alpha value is -2.74. The third kappa shape index (κ3) is 6.93. The Balaban J connectivity index is 1.53. The SMILES string of the molecule is CC(C)NC(=O)Cc1cc2cc(OCCCN3CCCC(O)C3)ccc2nc1-c1ccc(F)c(Cl)c1. The van der Waals surface area contributed by atoms with Crippen molar-refractivity contribution < 1.29 is 19.0 Å². The number of likely N-dealkylation sites (tertiary alicyclic amines) is 1. The summed E-state index contributed by atoms with van der Waals surface area (Å²) in [7, 11) is 0. The highest BCUT2D eigenvalue weighted by molar-refractivity contribution is 6.31. The number of halogens is 2. The molecule has 192 valence electrons. The minimum absolute atomic E-state index is 0.00906. The highest BCUT2D eigenvalue weighted by Crippen LogP contribution is 2.30. The fourth-order valence-corrected chi connectivity index (χ4v) is 4.76. The van der Waals surface area contributed by atoms with Crippen LogP contribution in [0.15, 0.2) is 42.5 Å². The van der Waals surface area contributed by atoms with Gasteiger partial charge in [0.25, 0.3) is 0 Å². The number of piperidine rings is 1. The first kappa shape index (κ1) is 26.3. The van der Waals surface area contributed by atoms with Crippen molar-refractivity contribution in [1.29, 1.82) is 0 Å². The Morgan fingerprint density at radius 3 is 2.86 bits per heavy atom. The monoisotopic (exact) mass is 513 g/mol. The molecule has 1 fully saturated rings. The Morgan fingerprint density at radius 1 is 1.28 bits per heavy atom. The molecule has 3 aromatic rings. The number of rotatable bonds is 9. The smallest absolute Gasteiger partial charge is 0.224 e. The third-order valence-corrected chi connectivity index (χ3v) is 6.52. The second kappa shape index (κ2) is 12.0. The standard InChI is InChI=1S/C28H33ClFN3O3/c1-18(2)31-27(35)16-21-13-20-14-23(36-12-4-11-33-10-3-5-22(34)17-33)7-9-26(20)32-28(21)19-6-8-25(30)24(29)15-19/h6-9,13-15,18,22,34H,3-5,10-12,16-17H2,1-2H3,(H,31,35). The van der Waals surface area contributed by atoms with E-state index in [4.69, 9.17) is 21.3 Å². The number of ether oxygens (including phenoxy) is 1. The van der Waals surface area contributed by atoms with Gasteiger partial charge in [0, 0.05) is 30.1 Å². The fraction of sp³-hybridized carbons (Fsp3) is 0.429. The summed E-state index contributed by atoms with van der Waals surface area (Å²) in [5.74, 6) is 0.118. The zero-order chi connectivity index (χ0) is 25.7. The molecule has 2 N–H and O–H groups in total. The van der Waals surface area contributed by atoms with Gasteiger partial charge >= 0.3 is 0 Å². The predicted molar refractivity (Wildman–Crippen MR) is 141 cm³/mol. The Bertz CT molecular complexity index is 1220. The van der Waals surface area contributed by atoms with Gasteiger partial charge in [-0.3, -0.25) is 4.79 Å². The number of carbonyl (C=O) groups excluding carboxylic acids is 1. The maximum atomic E-state index is 13.8. The summed E-state index contributed by atoms with van der Waals surface area (Å²) < 4.78 is 19.8. The van der Waals surface area contributed by atoms with E-state index in [9.17, 15) is 14.3 Å². The lowest BCUT2D eigenvalue weighted by molar-refractivity contribution is -0.120. The Kier molecular flexibility index (Phi) is 8.77. The first-order valence-electron chi connectivity index (χ1n) is 12.5. The molecule has 0 saturated carbocycles. The molecule has 1 atom stereocenters. The minimum Gasteiger partial charge on any atom is -0.494 e. The number of pyridine rings is 1. The van der Waals surface area contributed by atoms with Crippen molar-refractivity contribution in [2.45, 2.75) is 51.7 Å². The largest absolute Gasteiger partial charge is 0.494 e. The summed E-state index contributed by atoms with van der Waals surface area (Å²) in [6.45, 7) is 7.04. The van der Waals surface area contributed by atoms with Gasteiger partial charge in [-0.2, -0.15) is 0 Å². The van der Waals surface area contributed by atoms with Crippen molar-refractivity contribution in [2.24, 2.45) is 0 Å². The van der Waals surface area contributed by atoms with Gasteiger partial charge < -0.3 is 20.1 Å². The zero-order valence-corrected chi connectivity index (χ0v) is 21.5. The summed E-state index contributed by atoms with van der Waals surface area (Å²) in [5, 5.41) is 13.6. The quantitative estimate of drug-likeness (QED) is 0.394. The van der Waals surface area contributed by atoms with E-state index in [1.807, 2.05) is 38.1 Å². The molecule has 36 heavy (non-hydrogen) atoms. The maximum Gasteiger partial charge on any atom is 0.224 e. The molecule has 2 heterocycles. The van der Waals surface area contributed by atoms with Gasteiger partial charge in [-0.1, -0.05) is 11.6 Å². The number of β-amino-alcohol motifs (C(OH)–C–C–N with tert-alkyl or cyclic N) is 1. The van der Waals surface area contributed by atoms with Crippen molar-refractivity contribution in [2.75, 3.05) is 26.2 Å². The highest BCUT2D eigenvalue weighted by atomic mass is 35.5. The molecule has 6 nitrogen and oxygen atoms in total. The molecule has 0 radical (unpaired) electrons. The molecule has 1 unspecified atom stereocenters. The molecule has 0 spiro atoms. The molecule has 0 bridgehead atoms. The van der Waals surface area contributed by atoms with E-state index in [1.54, 1.807) is 6.07 Å². The summed E-state index contributed by atoms with van der Waals surface area (Å²) in [5.41, 5.74) is 2.72. The topological polar surface area (TPSA) is 74.7 Å². The van der Waals surface area contributed by atoms with Crippen LogP contribution in [0.25, 0.3) is 22.2 Å². The van der Waals surface area contributed by atoms with Gasteiger partial charge in [-0.05, 0) is 87.7 Å². The van der Waals surface area contributed by atoms with Crippen LogP contribution in [0.4, 0.5) is 4.39 Å². The van der Waals surface area contributed by atoms with Gasteiger partial charge in [0.15, 0.2) is 0 Å². The van der Waals surface area contributed by atoms with Crippen molar-refractivity contribution >= 4 is 28.4 Å². The first-order chi connectivity index (χ1) is 17.3. The average Bonchev–Trinajstić information content (AvgIpc) is 2.82. The lowest BCUT2D eigenvalue weighted by Gasteiger charge is -2.29. The lowest BCUT2D eigenvalue weighted by atomic mass is 10.0. The predicted octanol–water partition coefficient (Wildman–Crippen LogP) is 4.99. The van der Waals surface area contributed by atoms with Crippen LogP contribution >= 0.6 is 11.6 Å². The van der Waals surface area contributed by atoms with Crippen molar-refractivity contribution in [3.63, 3.8) is 0 Å². The van der Waals surface area contributed by atoms with E-state index in [1.165, 1.54) is 12.1 Å². The summed E-state index contributed by atoms with van der Waals surface area (Å²) in [4.78, 5) is 19.7. The van der Waals surface area contributed by atoms with Gasteiger partial charge in [-0.15, -0.1) is 0 Å². The molecule has 1 aromatic heterocycles. The number of fused-ring (bicyclic) bond motifs is 1. The molecule has 1 amide bonds. The van der Waals surface area contributed by atoms with E-state index in [2.05, 4.69) is 10.2 Å². The van der Waals surface area contributed by atoms with Crippen LogP contribution in [0.1, 0.15) is 38.7 Å². The third-order valence-electron chi connectivity index (χ3n) is 6.23. The minimum atomic E-state index is -0.501. The van der Waals surface area contributed by atoms with Crippen molar-refractivity contribution in [3.05, 3.63) is 58.9 Å². The van der Waals surface area contributed by atoms with E-state index in [0.29, 0.717) is 17.9 Å². The van der Waals surface area contributed by atoms with Crippen LogP contribution in [-0.2, 0) is 11.2 Å². The molecule has 1 saturated heterocycles. The number of aromatic nitrogens is 1. The van der Waals surface area contributed by atoms with Gasteiger partial charge in [0.2, 0.25) is 5.91 Å². The van der Waals surface area contributed by atoms with E-state index < -0.39 is 5.82 Å². The average molecular weight is 514 g/mol. The lowest BCUT2D eigenvalue weighted by Crippen LogP contribution is -2.39. The number of nitrogens with one attached hydrogen (secondary N) is 1. The molecule has 1 aliphatic heterocycles. The number of carbonyl (C=O) groups is 1. The number of hydrogen-bond donors (Lipinski definition) is 2.